The number of carbonyl (C=O) groups is 2. The molecule has 1 aliphatic rings. The number of benzene rings is 3. The molecule has 7 nitrogen and oxygen atoms in total. The van der Waals surface area contributed by atoms with Crippen LogP contribution in [0.15, 0.2) is 72.8 Å². The molecule has 0 aliphatic carbocycles. The van der Waals surface area contributed by atoms with Gasteiger partial charge < -0.3 is 24.8 Å². The summed E-state index contributed by atoms with van der Waals surface area (Å²) in [5, 5.41) is 5.62. The highest BCUT2D eigenvalue weighted by Crippen LogP contribution is 2.32. The summed E-state index contributed by atoms with van der Waals surface area (Å²) in [6.07, 6.45) is 0. The number of hydrogen-bond acceptors (Lipinski definition) is 5. The minimum atomic E-state index is -0.351. The third kappa shape index (κ3) is 5.33. The number of nitrogens with one attached hydrogen (secondary N) is 2. The van der Waals surface area contributed by atoms with Crippen LogP contribution in [-0.4, -0.2) is 31.6 Å². The van der Waals surface area contributed by atoms with Gasteiger partial charge in [0.15, 0.2) is 18.1 Å². The Morgan fingerprint density at radius 2 is 1.61 bits per heavy atom. The van der Waals surface area contributed by atoms with Gasteiger partial charge in [-0.3, -0.25) is 9.59 Å². The molecular formula is C24H22N2O5. The second-order valence-electron chi connectivity index (χ2n) is 6.86. The van der Waals surface area contributed by atoms with Crippen molar-refractivity contribution in [1.82, 2.24) is 5.32 Å². The molecule has 0 saturated carbocycles. The van der Waals surface area contributed by atoms with Gasteiger partial charge in [-0.05, 0) is 29.8 Å². The van der Waals surface area contributed by atoms with Crippen molar-refractivity contribution in [2.45, 2.75) is 6.54 Å². The molecule has 4 rings (SSSR count). The number of carbonyl (C=O) groups excluding carboxylic acids is 2. The van der Waals surface area contributed by atoms with Gasteiger partial charge in [0.1, 0.15) is 19.0 Å². The molecular weight excluding hydrogens is 396 g/mol. The summed E-state index contributed by atoms with van der Waals surface area (Å²) in [4.78, 5) is 24.9. The number of hydrogen-bond donors (Lipinski definition) is 2. The molecule has 0 fully saturated rings. The van der Waals surface area contributed by atoms with Gasteiger partial charge in [0.05, 0.1) is 5.56 Å². The predicted molar refractivity (Wildman–Crippen MR) is 116 cm³/mol. The van der Waals surface area contributed by atoms with Crippen molar-refractivity contribution < 1.29 is 23.8 Å². The van der Waals surface area contributed by atoms with Crippen molar-refractivity contribution in [1.29, 1.82) is 0 Å². The summed E-state index contributed by atoms with van der Waals surface area (Å²) in [6, 6.07) is 21.6. The highest BCUT2D eigenvalue weighted by molar-refractivity contribution is 5.97. The first-order valence-electron chi connectivity index (χ1n) is 9.92. The maximum Gasteiger partial charge on any atom is 0.262 e. The number of rotatable bonds is 7. The Labute approximate surface area is 179 Å². The lowest BCUT2D eigenvalue weighted by molar-refractivity contribution is -0.118. The maximum absolute atomic E-state index is 12.6. The Hall–Kier alpha value is -4.00. The Morgan fingerprint density at radius 1 is 0.871 bits per heavy atom. The maximum atomic E-state index is 12.6. The smallest absolute Gasteiger partial charge is 0.262 e. The van der Waals surface area contributed by atoms with E-state index in [2.05, 4.69) is 10.6 Å². The molecule has 0 saturated heterocycles. The van der Waals surface area contributed by atoms with Crippen molar-refractivity contribution in [3.05, 3.63) is 83.9 Å². The lowest BCUT2D eigenvalue weighted by atomic mass is 10.1. The van der Waals surface area contributed by atoms with E-state index in [0.717, 1.165) is 5.56 Å². The minimum Gasteiger partial charge on any atom is -0.486 e. The molecule has 0 radical (unpaired) electrons. The molecule has 2 amide bonds. The minimum absolute atomic E-state index is 0.239. The lowest BCUT2D eigenvalue weighted by Crippen LogP contribution is -2.25. The zero-order valence-electron chi connectivity index (χ0n) is 16.8. The van der Waals surface area contributed by atoms with Crippen LogP contribution in [0.25, 0.3) is 0 Å². The SMILES string of the molecule is O=C(COc1ccccc1C(=O)NCc1ccccc1)Nc1ccc2c(c1)OCCO2. The van der Waals surface area contributed by atoms with Crippen LogP contribution in [0.2, 0.25) is 0 Å². The lowest BCUT2D eigenvalue weighted by Gasteiger charge is -2.19. The molecule has 0 unspecified atom stereocenters. The van der Waals surface area contributed by atoms with Gasteiger partial charge in [0, 0.05) is 18.3 Å². The van der Waals surface area contributed by atoms with E-state index in [1.165, 1.54) is 0 Å². The topological polar surface area (TPSA) is 85.9 Å². The summed E-state index contributed by atoms with van der Waals surface area (Å²) in [5.74, 6) is 0.953. The van der Waals surface area contributed by atoms with E-state index in [1.54, 1.807) is 42.5 Å². The predicted octanol–water partition coefficient (Wildman–Crippen LogP) is 3.41. The Morgan fingerprint density at radius 3 is 2.45 bits per heavy atom. The quantitative estimate of drug-likeness (QED) is 0.614. The summed E-state index contributed by atoms with van der Waals surface area (Å²) >= 11 is 0. The Bertz CT molecular complexity index is 1070. The standard InChI is InChI=1S/C24H22N2O5/c27-23(26-18-10-11-21-22(14-18)30-13-12-29-21)16-31-20-9-5-4-8-19(20)24(28)25-15-17-6-2-1-3-7-17/h1-11,14H,12-13,15-16H2,(H,25,28)(H,26,27). The molecule has 1 heterocycles. The second kappa shape index (κ2) is 9.67. The highest BCUT2D eigenvalue weighted by Gasteiger charge is 2.15. The second-order valence-corrected chi connectivity index (χ2v) is 6.86. The number of anilines is 1. The first-order chi connectivity index (χ1) is 15.2. The molecule has 7 heteroatoms. The normalized spacial score (nSPS) is 12.0. The van der Waals surface area contributed by atoms with E-state index in [0.29, 0.717) is 48.3 Å². The third-order valence-corrected chi connectivity index (χ3v) is 4.61. The van der Waals surface area contributed by atoms with Crippen LogP contribution >= 0.6 is 0 Å². The molecule has 3 aromatic carbocycles. The van der Waals surface area contributed by atoms with Crippen LogP contribution in [0.4, 0.5) is 5.69 Å². The third-order valence-electron chi connectivity index (χ3n) is 4.61. The fourth-order valence-electron chi connectivity index (χ4n) is 3.12. The molecule has 0 spiro atoms. The van der Waals surface area contributed by atoms with Gasteiger partial charge in [0.2, 0.25) is 0 Å². The fourth-order valence-corrected chi connectivity index (χ4v) is 3.12. The molecule has 2 N–H and O–H groups in total. The average Bonchev–Trinajstić information content (AvgIpc) is 2.82. The summed E-state index contributed by atoms with van der Waals surface area (Å²) < 4.78 is 16.6. The van der Waals surface area contributed by atoms with Crippen LogP contribution in [0.5, 0.6) is 17.2 Å². The number of ether oxygens (including phenoxy) is 3. The molecule has 1 aliphatic heterocycles. The Kier molecular flexibility index (Phi) is 6.32. The molecule has 3 aromatic rings. The summed E-state index contributed by atoms with van der Waals surface area (Å²) in [6.45, 7) is 1.14. The van der Waals surface area contributed by atoms with Gasteiger partial charge in [-0.2, -0.15) is 0 Å². The zero-order valence-corrected chi connectivity index (χ0v) is 16.8. The van der Waals surface area contributed by atoms with Gasteiger partial charge in [-0.1, -0.05) is 42.5 Å². The van der Waals surface area contributed by atoms with Crippen LogP contribution < -0.4 is 24.8 Å². The summed E-state index contributed by atoms with van der Waals surface area (Å²) in [7, 11) is 0. The van der Waals surface area contributed by atoms with E-state index >= 15 is 0 Å². The average molecular weight is 418 g/mol. The van der Waals surface area contributed by atoms with Crippen LogP contribution in [-0.2, 0) is 11.3 Å². The molecule has 0 bridgehead atoms. The van der Waals surface area contributed by atoms with Gasteiger partial charge in [0.25, 0.3) is 11.8 Å². The van der Waals surface area contributed by atoms with Crippen molar-refractivity contribution in [3.63, 3.8) is 0 Å². The highest BCUT2D eigenvalue weighted by atomic mass is 16.6. The monoisotopic (exact) mass is 418 g/mol. The first-order valence-corrected chi connectivity index (χ1v) is 9.92. The summed E-state index contributed by atoms with van der Waals surface area (Å²) in [5.41, 5.74) is 1.94. The molecule has 31 heavy (non-hydrogen) atoms. The largest absolute Gasteiger partial charge is 0.486 e. The fraction of sp³-hybridized carbons (Fsp3) is 0.167. The molecule has 0 atom stereocenters. The van der Waals surface area contributed by atoms with Gasteiger partial charge in [-0.15, -0.1) is 0 Å². The van der Waals surface area contributed by atoms with E-state index in [1.807, 2.05) is 30.3 Å². The zero-order chi connectivity index (χ0) is 21.5. The first kappa shape index (κ1) is 20.3. The number of para-hydroxylation sites is 1. The van der Waals surface area contributed by atoms with E-state index < -0.39 is 0 Å². The van der Waals surface area contributed by atoms with E-state index in [9.17, 15) is 9.59 Å². The van der Waals surface area contributed by atoms with Gasteiger partial charge >= 0.3 is 0 Å². The van der Waals surface area contributed by atoms with Crippen molar-refractivity contribution >= 4 is 17.5 Å². The van der Waals surface area contributed by atoms with Crippen LogP contribution in [0, 0.1) is 0 Å². The van der Waals surface area contributed by atoms with Crippen molar-refractivity contribution in [2.24, 2.45) is 0 Å². The number of fused-ring (bicyclic) bond motifs is 1. The van der Waals surface area contributed by atoms with Crippen LogP contribution in [0.3, 0.4) is 0 Å². The number of amides is 2. The molecule has 158 valence electrons. The Balaban J connectivity index is 1.34. The van der Waals surface area contributed by atoms with E-state index in [4.69, 9.17) is 14.2 Å². The van der Waals surface area contributed by atoms with Gasteiger partial charge in [-0.25, -0.2) is 0 Å². The van der Waals surface area contributed by atoms with E-state index in [-0.39, 0.29) is 18.4 Å². The van der Waals surface area contributed by atoms with Crippen LogP contribution in [0.1, 0.15) is 15.9 Å². The molecule has 0 aromatic heterocycles. The van der Waals surface area contributed by atoms with Crippen molar-refractivity contribution in [2.75, 3.05) is 25.1 Å². The van der Waals surface area contributed by atoms with Crippen molar-refractivity contribution in [3.8, 4) is 17.2 Å².